The summed E-state index contributed by atoms with van der Waals surface area (Å²) in [5.74, 6) is -0.239. The van der Waals surface area contributed by atoms with Crippen LogP contribution >= 0.6 is 23.4 Å². The molecule has 3 aliphatic heterocycles. The molecule has 0 saturated carbocycles. The van der Waals surface area contributed by atoms with Crippen LogP contribution in [-0.2, 0) is 20.9 Å². The first-order valence-corrected chi connectivity index (χ1v) is 18.2. The van der Waals surface area contributed by atoms with Gasteiger partial charge >= 0.3 is 5.97 Å². The summed E-state index contributed by atoms with van der Waals surface area (Å²) in [5.41, 5.74) is 0.722. The molecular weight excluding hydrogens is 486 g/mol. The fraction of sp³-hybridized carbons (Fsp3) is 0.500. The molecule has 12 heteroatoms. The number of nitro groups is 1. The van der Waals surface area contributed by atoms with Gasteiger partial charge in [-0.05, 0) is 29.8 Å². The summed E-state index contributed by atoms with van der Waals surface area (Å²) in [7, 11) is -3.35. The SMILES string of the molecule is C[Si]1(C)CC[Si](C)(C)N1C1C(=O)N2C(C(=O)OCc3ccc([N+](=O)[O-])cc3)=C(Cl)CS[C@@H]12. The molecule has 2 saturated heterocycles. The van der Waals surface area contributed by atoms with Crippen molar-refractivity contribution in [1.29, 1.82) is 0 Å². The Morgan fingerprint density at radius 3 is 2.38 bits per heavy atom. The Hall–Kier alpha value is -1.67. The molecule has 2 atom stereocenters. The number of carbonyl (C=O) groups is 2. The summed E-state index contributed by atoms with van der Waals surface area (Å²) in [5, 5.41) is 11.0. The topological polar surface area (TPSA) is 93.0 Å². The van der Waals surface area contributed by atoms with Crippen LogP contribution in [0.4, 0.5) is 5.69 Å². The van der Waals surface area contributed by atoms with Crippen molar-refractivity contribution in [3.63, 3.8) is 0 Å². The number of carbonyl (C=O) groups excluding carboxylic acids is 2. The summed E-state index contributed by atoms with van der Waals surface area (Å²) in [6.07, 6.45) is 0. The van der Waals surface area contributed by atoms with Gasteiger partial charge in [-0.3, -0.25) is 19.8 Å². The van der Waals surface area contributed by atoms with E-state index >= 15 is 0 Å². The van der Waals surface area contributed by atoms with E-state index in [4.69, 9.17) is 16.3 Å². The lowest BCUT2D eigenvalue weighted by atomic mass is 10.1. The largest absolute Gasteiger partial charge is 0.456 e. The van der Waals surface area contributed by atoms with Gasteiger partial charge in [-0.1, -0.05) is 37.8 Å². The first-order chi connectivity index (χ1) is 14.9. The van der Waals surface area contributed by atoms with E-state index in [1.54, 1.807) is 23.9 Å². The quantitative estimate of drug-likeness (QED) is 0.193. The van der Waals surface area contributed by atoms with E-state index < -0.39 is 27.4 Å². The highest BCUT2D eigenvalue weighted by Crippen LogP contribution is 2.49. The standard InChI is InChI=1S/C20H26ClN3O5SSi2/c1-31(2)9-10-32(3,4)24(31)17-18(25)22-16(15(21)12-30-19(17)22)20(26)29-11-13-5-7-14(8-6-13)23(27)28/h5-8,17,19H,9-12H2,1-4H3/t17?,19-/m0/s1. The van der Waals surface area contributed by atoms with E-state index in [1.165, 1.54) is 29.1 Å². The van der Waals surface area contributed by atoms with Crippen molar-refractivity contribution in [2.24, 2.45) is 0 Å². The molecule has 32 heavy (non-hydrogen) atoms. The molecule has 1 aromatic carbocycles. The Labute approximate surface area is 198 Å². The van der Waals surface area contributed by atoms with Crippen molar-refractivity contribution in [3.8, 4) is 0 Å². The Morgan fingerprint density at radius 2 is 1.81 bits per heavy atom. The average Bonchev–Trinajstić information content (AvgIpc) is 2.95. The number of rotatable bonds is 5. The second kappa shape index (κ2) is 8.28. The van der Waals surface area contributed by atoms with Crippen LogP contribution in [0.15, 0.2) is 35.0 Å². The van der Waals surface area contributed by atoms with Gasteiger partial charge < -0.3 is 8.97 Å². The smallest absolute Gasteiger partial charge is 0.356 e. The number of ether oxygens (including phenoxy) is 1. The maximum absolute atomic E-state index is 13.3. The van der Waals surface area contributed by atoms with Crippen molar-refractivity contribution in [2.75, 3.05) is 5.75 Å². The number of nitro benzene ring substituents is 1. The summed E-state index contributed by atoms with van der Waals surface area (Å²) in [4.78, 5) is 38.1. The monoisotopic (exact) mass is 511 g/mol. The third-order valence-corrected chi connectivity index (χ3v) is 18.5. The van der Waals surface area contributed by atoms with Gasteiger partial charge in [0.1, 0.15) is 40.2 Å². The van der Waals surface area contributed by atoms with Crippen LogP contribution in [0.1, 0.15) is 5.56 Å². The third-order valence-electron chi connectivity index (χ3n) is 6.54. The molecule has 172 valence electrons. The minimum absolute atomic E-state index is 0.0324. The van der Waals surface area contributed by atoms with E-state index in [1.807, 2.05) is 0 Å². The number of esters is 1. The number of non-ortho nitro benzene ring substituents is 1. The van der Waals surface area contributed by atoms with Crippen LogP contribution in [0.3, 0.4) is 0 Å². The zero-order valence-corrected chi connectivity index (χ0v) is 22.0. The van der Waals surface area contributed by atoms with E-state index in [0.29, 0.717) is 16.3 Å². The number of β-lactam (4-membered cyclic amide) rings is 1. The maximum atomic E-state index is 13.3. The Balaban J connectivity index is 1.49. The molecule has 0 bridgehead atoms. The second-order valence-electron chi connectivity index (χ2n) is 9.60. The van der Waals surface area contributed by atoms with Crippen LogP contribution in [-0.4, -0.2) is 59.6 Å². The maximum Gasteiger partial charge on any atom is 0.356 e. The van der Waals surface area contributed by atoms with Gasteiger partial charge in [0.15, 0.2) is 0 Å². The highest BCUT2D eigenvalue weighted by Gasteiger charge is 2.62. The Bertz CT molecular complexity index is 1000. The highest BCUT2D eigenvalue weighted by molar-refractivity contribution is 8.00. The molecule has 3 aliphatic rings. The van der Waals surface area contributed by atoms with Gasteiger partial charge in [-0.2, -0.15) is 0 Å². The molecule has 8 nitrogen and oxygen atoms in total. The zero-order valence-electron chi connectivity index (χ0n) is 18.5. The number of halogens is 1. The van der Waals surface area contributed by atoms with E-state index in [-0.39, 0.29) is 35.3 Å². The first-order valence-electron chi connectivity index (χ1n) is 10.5. The van der Waals surface area contributed by atoms with Crippen LogP contribution in [0.25, 0.3) is 0 Å². The summed E-state index contributed by atoms with van der Waals surface area (Å²) in [6, 6.07) is 8.02. The average molecular weight is 512 g/mol. The molecule has 0 N–H and O–H groups in total. The van der Waals surface area contributed by atoms with E-state index in [0.717, 1.165) is 0 Å². The predicted octanol–water partition coefficient (Wildman–Crippen LogP) is 4.10. The lowest BCUT2D eigenvalue weighted by Crippen LogP contribution is -2.76. The molecular formula is C20H26ClN3O5SSi2. The number of benzene rings is 1. The Kier molecular flexibility index (Phi) is 6.08. The molecule has 1 amide bonds. The molecule has 0 spiro atoms. The normalized spacial score (nSPS) is 26.5. The highest BCUT2D eigenvalue weighted by atomic mass is 35.5. The van der Waals surface area contributed by atoms with Crippen LogP contribution < -0.4 is 0 Å². The molecule has 0 aromatic heterocycles. The summed E-state index contributed by atoms with van der Waals surface area (Å²) >= 11 is 7.99. The van der Waals surface area contributed by atoms with E-state index in [9.17, 15) is 19.7 Å². The summed E-state index contributed by atoms with van der Waals surface area (Å²) in [6.45, 7) is 9.28. The zero-order chi connectivity index (χ0) is 23.4. The number of hydrogen-bond acceptors (Lipinski definition) is 7. The summed E-state index contributed by atoms with van der Waals surface area (Å²) < 4.78 is 8.01. The lowest BCUT2D eigenvalue weighted by molar-refractivity contribution is -0.384. The Morgan fingerprint density at radius 1 is 1.22 bits per heavy atom. The van der Waals surface area contributed by atoms with Gasteiger partial charge in [0.2, 0.25) is 5.91 Å². The van der Waals surface area contributed by atoms with Crippen molar-refractivity contribution >= 4 is 57.4 Å². The number of amides is 1. The molecule has 0 aliphatic carbocycles. The fourth-order valence-electron chi connectivity index (χ4n) is 5.01. The lowest BCUT2D eigenvalue weighted by Gasteiger charge is -2.57. The molecule has 1 unspecified atom stereocenters. The molecule has 0 radical (unpaired) electrons. The number of nitrogens with zero attached hydrogens (tertiary/aromatic N) is 3. The van der Waals surface area contributed by atoms with Gasteiger partial charge in [-0.25, -0.2) is 4.79 Å². The molecule has 2 fully saturated rings. The van der Waals surface area contributed by atoms with Crippen molar-refractivity contribution in [1.82, 2.24) is 9.13 Å². The van der Waals surface area contributed by atoms with E-state index in [2.05, 4.69) is 30.4 Å². The van der Waals surface area contributed by atoms with Crippen LogP contribution in [0.5, 0.6) is 0 Å². The molecule has 1 aromatic rings. The van der Waals surface area contributed by atoms with Crippen molar-refractivity contribution in [3.05, 3.63) is 50.7 Å². The molecule has 3 heterocycles. The first kappa shape index (κ1) is 23.5. The van der Waals surface area contributed by atoms with Crippen molar-refractivity contribution < 1.29 is 19.2 Å². The van der Waals surface area contributed by atoms with Gasteiger partial charge in [0.25, 0.3) is 5.69 Å². The molecule has 4 rings (SSSR count). The second-order valence-corrected chi connectivity index (χ2v) is 20.8. The number of thioether (sulfide) groups is 1. The van der Waals surface area contributed by atoms with Gasteiger partial charge in [-0.15, -0.1) is 11.8 Å². The minimum Gasteiger partial charge on any atom is -0.456 e. The predicted molar refractivity (Wildman–Crippen MR) is 129 cm³/mol. The minimum atomic E-state index is -1.67. The number of fused-ring (bicyclic) bond motifs is 1. The fourth-order valence-corrected chi connectivity index (χ4v) is 21.4. The number of hydrogen-bond donors (Lipinski definition) is 0. The van der Waals surface area contributed by atoms with Crippen LogP contribution in [0, 0.1) is 10.1 Å². The van der Waals surface area contributed by atoms with Crippen molar-refractivity contribution in [2.45, 2.75) is 56.3 Å². The van der Waals surface area contributed by atoms with Gasteiger partial charge in [0, 0.05) is 17.9 Å². The van der Waals surface area contributed by atoms with Crippen LogP contribution in [0.2, 0.25) is 38.3 Å². The van der Waals surface area contributed by atoms with Gasteiger partial charge in [0.05, 0.1) is 9.96 Å². The third kappa shape index (κ3) is 3.94.